The van der Waals surface area contributed by atoms with Crippen LogP contribution in [0.1, 0.15) is 53.4 Å². The second kappa shape index (κ2) is 5.97. The van der Waals surface area contributed by atoms with E-state index in [1.807, 2.05) is 0 Å². The Morgan fingerprint density at radius 1 is 1.28 bits per heavy atom. The first kappa shape index (κ1) is 16.1. The van der Waals surface area contributed by atoms with Crippen molar-refractivity contribution < 1.29 is 0 Å². The first-order chi connectivity index (χ1) is 7.95. The second-order valence-corrected chi connectivity index (χ2v) is 6.71. The Bertz CT molecular complexity index is 299. The number of hydrogen-bond donors (Lipinski definition) is 2. The van der Waals surface area contributed by atoms with Crippen molar-refractivity contribution in [3.05, 3.63) is 0 Å². The number of rotatable bonds is 4. The Hall–Kier alpha value is 0. The van der Waals surface area contributed by atoms with Gasteiger partial charge in [-0.1, -0.05) is 0 Å². The highest BCUT2D eigenvalue weighted by Crippen LogP contribution is 2.61. The third kappa shape index (κ3) is 4.59. The van der Waals surface area contributed by atoms with Gasteiger partial charge in [0, 0.05) is 18.6 Å². The smallest absolute Gasteiger partial charge is 0.191 e. The Morgan fingerprint density at radius 2 is 1.89 bits per heavy atom. The van der Waals surface area contributed by atoms with Crippen molar-refractivity contribution in [3.63, 3.8) is 0 Å². The fourth-order valence-corrected chi connectivity index (χ4v) is 2.45. The zero-order chi connectivity index (χ0) is 12.5. The maximum Gasteiger partial charge on any atom is 0.191 e. The van der Waals surface area contributed by atoms with Crippen molar-refractivity contribution in [2.45, 2.75) is 58.9 Å². The normalized spacial score (nSPS) is 22.1. The molecule has 2 N–H and O–H groups in total. The van der Waals surface area contributed by atoms with Crippen LogP contribution in [0, 0.1) is 11.3 Å². The zero-order valence-corrected chi connectivity index (χ0v) is 14.5. The molecular formula is C14H28IN3. The lowest BCUT2D eigenvalue weighted by Gasteiger charge is -2.24. The van der Waals surface area contributed by atoms with E-state index >= 15 is 0 Å². The highest BCUT2D eigenvalue weighted by molar-refractivity contribution is 14.0. The zero-order valence-electron chi connectivity index (χ0n) is 12.2. The molecule has 3 nitrogen and oxygen atoms in total. The molecule has 4 heteroatoms. The van der Waals surface area contributed by atoms with Gasteiger partial charge in [0.15, 0.2) is 5.96 Å². The van der Waals surface area contributed by atoms with Gasteiger partial charge in [-0.05, 0) is 64.7 Å². The number of nitrogens with zero attached hydrogens (tertiary/aromatic N) is 1. The molecule has 0 bridgehead atoms. The molecule has 0 heterocycles. The van der Waals surface area contributed by atoms with Gasteiger partial charge in [0.05, 0.1) is 0 Å². The molecule has 2 fully saturated rings. The summed E-state index contributed by atoms with van der Waals surface area (Å²) in [6.07, 6.45) is 5.68. The van der Waals surface area contributed by atoms with E-state index in [1.54, 1.807) is 0 Å². The van der Waals surface area contributed by atoms with Crippen molar-refractivity contribution in [2.75, 3.05) is 13.1 Å². The second-order valence-electron chi connectivity index (χ2n) is 6.71. The maximum atomic E-state index is 4.79. The van der Waals surface area contributed by atoms with Gasteiger partial charge >= 0.3 is 0 Å². The van der Waals surface area contributed by atoms with Crippen LogP contribution in [0.25, 0.3) is 0 Å². The number of guanidine groups is 1. The summed E-state index contributed by atoms with van der Waals surface area (Å²) >= 11 is 0. The van der Waals surface area contributed by atoms with Crippen LogP contribution in [0.2, 0.25) is 0 Å². The Kier molecular flexibility index (Phi) is 5.32. The van der Waals surface area contributed by atoms with Crippen LogP contribution in [0.15, 0.2) is 4.99 Å². The van der Waals surface area contributed by atoms with E-state index in [9.17, 15) is 0 Å². The molecule has 0 spiro atoms. The third-order valence-corrected chi connectivity index (χ3v) is 3.73. The van der Waals surface area contributed by atoms with Crippen molar-refractivity contribution in [2.24, 2.45) is 16.3 Å². The molecule has 0 unspecified atom stereocenters. The molecule has 18 heavy (non-hydrogen) atoms. The molecule has 106 valence electrons. The topological polar surface area (TPSA) is 36.4 Å². The van der Waals surface area contributed by atoms with Crippen LogP contribution in [0.4, 0.5) is 0 Å². The molecular weight excluding hydrogens is 337 g/mol. The van der Waals surface area contributed by atoms with Gasteiger partial charge in [-0.2, -0.15) is 0 Å². The van der Waals surface area contributed by atoms with Crippen LogP contribution in [-0.4, -0.2) is 24.6 Å². The Morgan fingerprint density at radius 3 is 2.28 bits per heavy atom. The highest BCUT2D eigenvalue weighted by atomic mass is 127. The molecule has 2 aliphatic rings. The monoisotopic (exact) mass is 365 g/mol. The lowest BCUT2D eigenvalue weighted by molar-refractivity contribution is 0.447. The predicted octanol–water partition coefficient (Wildman–Crippen LogP) is 3.15. The lowest BCUT2D eigenvalue weighted by Crippen LogP contribution is -2.47. The first-order valence-electron chi connectivity index (χ1n) is 7.02. The van der Waals surface area contributed by atoms with Crippen molar-refractivity contribution in [1.29, 1.82) is 0 Å². The van der Waals surface area contributed by atoms with Crippen LogP contribution in [0.3, 0.4) is 0 Å². The fourth-order valence-electron chi connectivity index (χ4n) is 2.45. The molecule has 0 aromatic carbocycles. The molecule has 0 amide bonds. The Balaban J connectivity index is 0.00000162. The average molecular weight is 365 g/mol. The SMILES string of the molecule is CCNC(=NCC1(C2CC2)CC1)NC(C)(C)C.I. The van der Waals surface area contributed by atoms with Gasteiger partial charge in [0.1, 0.15) is 0 Å². The predicted molar refractivity (Wildman–Crippen MR) is 88.7 cm³/mol. The van der Waals surface area contributed by atoms with E-state index in [0.717, 1.165) is 25.0 Å². The molecule has 0 atom stereocenters. The largest absolute Gasteiger partial charge is 0.357 e. The summed E-state index contributed by atoms with van der Waals surface area (Å²) in [5.41, 5.74) is 0.678. The van der Waals surface area contributed by atoms with Crippen LogP contribution >= 0.6 is 24.0 Å². The third-order valence-electron chi connectivity index (χ3n) is 3.73. The fraction of sp³-hybridized carbons (Fsp3) is 0.929. The molecule has 2 aliphatic carbocycles. The standard InChI is InChI=1S/C14H27N3.HI/c1-5-15-12(17-13(2,3)4)16-10-14(8-9-14)11-6-7-11;/h11H,5-10H2,1-4H3,(H2,15,16,17);1H. The molecule has 0 aromatic rings. The van der Waals surface area contributed by atoms with Crippen molar-refractivity contribution >= 4 is 29.9 Å². The van der Waals surface area contributed by atoms with Crippen molar-refractivity contribution in [3.8, 4) is 0 Å². The van der Waals surface area contributed by atoms with E-state index in [-0.39, 0.29) is 29.5 Å². The summed E-state index contributed by atoms with van der Waals surface area (Å²) in [5, 5.41) is 6.79. The van der Waals surface area contributed by atoms with E-state index in [2.05, 4.69) is 38.3 Å². The van der Waals surface area contributed by atoms with Gasteiger partial charge in [-0.3, -0.25) is 4.99 Å². The molecule has 0 saturated heterocycles. The summed E-state index contributed by atoms with van der Waals surface area (Å²) in [7, 11) is 0. The van der Waals surface area contributed by atoms with Gasteiger partial charge in [-0.25, -0.2) is 0 Å². The minimum absolute atomic E-state index is 0. The summed E-state index contributed by atoms with van der Waals surface area (Å²) < 4.78 is 0. The average Bonchev–Trinajstić information content (AvgIpc) is 3.05. The van der Waals surface area contributed by atoms with Crippen LogP contribution in [0.5, 0.6) is 0 Å². The minimum Gasteiger partial charge on any atom is -0.357 e. The van der Waals surface area contributed by atoms with Gasteiger partial charge < -0.3 is 10.6 Å². The quantitative estimate of drug-likeness (QED) is 0.456. The summed E-state index contributed by atoms with van der Waals surface area (Å²) in [6.45, 7) is 10.6. The number of nitrogens with one attached hydrogen (secondary N) is 2. The van der Waals surface area contributed by atoms with Gasteiger partial charge in [0.2, 0.25) is 0 Å². The van der Waals surface area contributed by atoms with E-state index in [4.69, 9.17) is 4.99 Å². The Labute approximate surface area is 129 Å². The summed E-state index contributed by atoms with van der Waals surface area (Å²) in [5.74, 6) is 1.97. The molecule has 2 rings (SSSR count). The van der Waals surface area contributed by atoms with Crippen LogP contribution < -0.4 is 10.6 Å². The summed E-state index contributed by atoms with van der Waals surface area (Å²) in [6, 6.07) is 0. The maximum absolute atomic E-state index is 4.79. The van der Waals surface area contributed by atoms with Gasteiger partial charge in [-0.15, -0.1) is 24.0 Å². The summed E-state index contributed by atoms with van der Waals surface area (Å²) in [4.78, 5) is 4.79. The lowest BCUT2D eigenvalue weighted by atomic mass is 10.0. The van der Waals surface area contributed by atoms with Crippen LogP contribution in [-0.2, 0) is 0 Å². The van der Waals surface area contributed by atoms with Gasteiger partial charge in [0.25, 0.3) is 0 Å². The molecule has 0 aliphatic heterocycles. The van der Waals surface area contributed by atoms with E-state index in [0.29, 0.717) is 5.41 Å². The van der Waals surface area contributed by atoms with E-state index < -0.39 is 0 Å². The minimum atomic E-state index is 0. The number of hydrogen-bond acceptors (Lipinski definition) is 1. The molecule has 0 radical (unpaired) electrons. The molecule has 2 saturated carbocycles. The highest BCUT2D eigenvalue weighted by Gasteiger charge is 2.53. The van der Waals surface area contributed by atoms with Crippen molar-refractivity contribution in [1.82, 2.24) is 10.6 Å². The first-order valence-corrected chi connectivity index (χ1v) is 7.02. The molecule has 0 aromatic heterocycles. The van der Waals surface area contributed by atoms with E-state index in [1.165, 1.54) is 25.7 Å². The number of aliphatic imine (C=N–C) groups is 1. The number of halogens is 1.